The van der Waals surface area contributed by atoms with Crippen molar-refractivity contribution in [1.82, 2.24) is 0 Å². The predicted molar refractivity (Wildman–Crippen MR) is 109 cm³/mol. The zero-order chi connectivity index (χ0) is 17.6. The minimum Gasteiger partial charge on any atom is -0.0475 e. The highest BCUT2D eigenvalue weighted by atomic mass is 14.9. The van der Waals surface area contributed by atoms with E-state index in [1.807, 2.05) is 0 Å². The van der Waals surface area contributed by atoms with E-state index in [0.717, 1.165) is 16.2 Å². The highest BCUT2D eigenvalue weighted by Crippen LogP contribution is 2.93. The molecule has 0 aromatic heterocycles. The van der Waals surface area contributed by atoms with E-state index in [0.29, 0.717) is 0 Å². The highest BCUT2D eigenvalue weighted by molar-refractivity contribution is 5.35. The van der Waals surface area contributed by atoms with Crippen LogP contribution in [0.1, 0.15) is 83.5 Å². The molecule has 28 heavy (non-hydrogen) atoms. The van der Waals surface area contributed by atoms with E-state index in [4.69, 9.17) is 0 Å². The van der Waals surface area contributed by atoms with Gasteiger partial charge in [0.15, 0.2) is 0 Å². The molecule has 0 radical (unpaired) electrons. The first-order valence-corrected chi connectivity index (χ1v) is 13.7. The summed E-state index contributed by atoms with van der Waals surface area (Å²) in [5, 5.41) is 0. The van der Waals surface area contributed by atoms with Crippen molar-refractivity contribution in [3.05, 3.63) is 0 Å². The van der Waals surface area contributed by atoms with E-state index in [-0.39, 0.29) is 0 Å². The predicted octanol–water partition coefficient (Wildman–Crippen LogP) is 6.55. The molecule has 1 spiro atoms. The van der Waals surface area contributed by atoms with Gasteiger partial charge in [0.1, 0.15) is 0 Å². The molecule has 14 fully saturated rings. The first-order chi connectivity index (χ1) is 13.7. The maximum Gasteiger partial charge on any atom is -0.0119 e. The van der Waals surface area contributed by atoms with Crippen molar-refractivity contribution in [2.75, 3.05) is 0 Å². The van der Waals surface area contributed by atoms with Crippen molar-refractivity contribution in [1.29, 1.82) is 0 Å². The second kappa shape index (κ2) is 4.07. The minimum absolute atomic E-state index is 0.854. The van der Waals surface area contributed by atoms with E-state index >= 15 is 0 Å². The van der Waals surface area contributed by atoms with Crippen LogP contribution in [0.3, 0.4) is 0 Å². The molecule has 8 atom stereocenters. The van der Waals surface area contributed by atoms with Crippen molar-refractivity contribution in [3.63, 3.8) is 0 Å². The molecular formula is C28H38. The van der Waals surface area contributed by atoms with Crippen molar-refractivity contribution >= 4 is 0 Å². The molecule has 8 unspecified atom stereocenters. The summed E-state index contributed by atoms with van der Waals surface area (Å²) < 4.78 is 0. The Morgan fingerprint density at radius 3 is 1.46 bits per heavy atom. The third kappa shape index (κ3) is 1.19. The first kappa shape index (κ1) is 14.9. The lowest BCUT2D eigenvalue weighted by Crippen LogP contribution is -2.85. The fourth-order valence-electron chi connectivity index (χ4n) is 16.3. The van der Waals surface area contributed by atoms with Gasteiger partial charge < -0.3 is 0 Å². The topological polar surface area (TPSA) is 0 Å². The summed E-state index contributed by atoms with van der Waals surface area (Å²) in [7, 11) is 0. The minimum atomic E-state index is 0.854. The van der Waals surface area contributed by atoms with Gasteiger partial charge in [0, 0.05) is 0 Å². The zero-order valence-corrected chi connectivity index (χ0v) is 17.6. The van der Waals surface area contributed by atoms with Crippen LogP contribution in [0.15, 0.2) is 0 Å². The van der Waals surface area contributed by atoms with Gasteiger partial charge in [-0.1, -0.05) is 0 Å². The molecule has 0 amide bonds. The molecule has 0 aromatic carbocycles. The summed E-state index contributed by atoms with van der Waals surface area (Å²) in [6.07, 6.45) is 22.2. The average Bonchev–Trinajstić information content (AvgIpc) is 2.65. The summed E-state index contributed by atoms with van der Waals surface area (Å²) in [6, 6.07) is 0. The molecule has 0 nitrogen and oxygen atoms in total. The number of rotatable bonds is 1. The van der Waals surface area contributed by atoms with Gasteiger partial charge in [-0.3, -0.25) is 0 Å². The standard InChI is InChI=1S/C28H38/c1-14-2-16-3-15(1)10-26(9-14,11-16)28-23-6-17-4-21-19(23)8-20-22-5-18(7-24(20)28)13-27(28,12-17)25(21)22/h14-25H,1-13H2. The number of hydrogen-bond acceptors (Lipinski definition) is 0. The first-order valence-electron chi connectivity index (χ1n) is 13.7. The zero-order valence-electron chi connectivity index (χ0n) is 17.6. The quantitative estimate of drug-likeness (QED) is 0.488. The van der Waals surface area contributed by atoms with E-state index in [2.05, 4.69) is 0 Å². The molecule has 0 heterocycles. The second-order valence-electron chi connectivity index (χ2n) is 14.9. The van der Waals surface area contributed by atoms with Gasteiger partial charge in [-0.25, -0.2) is 0 Å². The Morgan fingerprint density at radius 2 is 0.929 bits per heavy atom. The second-order valence-corrected chi connectivity index (χ2v) is 14.9. The molecule has 14 aliphatic rings. The molecule has 0 heteroatoms. The average molecular weight is 375 g/mol. The van der Waals surface area contributed by atoms with Gasteiger partial charge in [-0.05, 0) is 171 Å². The molecular weight excluding hydrogens is 336 g/mol. The lowest BCUT2D eigenvalue weighted by Gasteiger charge is -2.91. The van der Waals surface area contributed by atoms with Gasteiger partial charge in [0.25, 0.3) is 0 Å². The molecule has 14 saturated carbocycles. The summed E-state index contributed by atoms with van der Waals surface area (Å²) in [5.41, 5.74) is 2.63. The summed E-state index contributed by atoms with van der Waals surface area (Å²) >= 11 is 0. The van der Waals surface area contributed by atoms with Crippen molar-refractivity contribution < 1.29 is 0 Å². The molecule has 14 rings (SSSR count). The Bertz CT molecular complexity index is 734. The van der Waals surface area contributed by atoms with Crippen LogP contribution in [0.2, 0.25) is 0 Å². The fraction of sp³-hybridized carbons (Fsp3) is 1.00. The largest absolute Gasteiger partial charge is 0.0475 e. The van der Waals surface area contributed by atoms with Crippen molar-refractivity contribution in [3.8, 4) is 0 Å². The van der Waals surface area contributed by atoms with Crippen LogP contribution in [0.25, 0.3) is 0 Å². The molecule has 14 aliphatic carbocycles. The van der Waals surface area contributed by atoms with Gasteiger partial charge in [0.05, 0.1) is 0 Å². The lowest BCUT2D eigenvalue weighted by molar-refractivity contribution is -0.434. The Labute approximate surface area is 171 Å². The Morgan fingerprint density at radius 1 is 0.429 bits per heavy atom. The van der Waals surface area contributed by atoms with Crippen molar-refractivity contribution in [2.45, 2.75) is 83.5 Å². The molecule has 15 bridgehead atoms. The summed E-state index contributed by atoms with van der Waals surface area (Å²) in [4.78, 5) is 0. The van der Waals surface area contributed by atoms with Gasteiger partial charge in [0.2, 0.25) is 0 Å². The van der Waals surface area contributed by atoms with Crippen LogP contribution in [0, 0.1) is 87.3 Å². The summed E-state index contributed by atoms with van der Waals surface area (Å²) in [5.74, 6) is 14.4. The third-order valence-corrected chi connectivity index (χ3v) is 14.8. The molecule has 0 saturated heterocycles. The van der Waals surface area contributed by atoms with Crippen LogP contribution in [0.5, 0.6) is 0 Å². The van der Waals surface area contributed by atoms with Crippen LogP contribution in [-0.2, 0) is 0 Å². The van der Waals surface area contributed by atoms with Crippen LogP contribution < -0.4 is 0 Å². The monoisotopic (exact) mass is 374 g/mol. The van der Waals surface area contributed by atoms with Gasteiger partial charge in [-0.2, -0.15) is 0 Å². The molecule has 150 valence electrons. The van der Waals surface area contributed by atoms with Crippen LogP contribution in [0.4, 0.5) is 0 Å². The lowest BCUT2D eigenvalue weighted by atomic mass is 9.13. The van der Waals surface area contributed by atoms with E-state index in [1.54, 1.807) is 83.5 Å². The molecule has 0 N–H and O–H groups in total. The highest BCUT2D eigenvalue weighted by Gasteiger charge is 2.87. The smallest absolute Gasteiger partial charge is 0.0119 e. The van der Waals surface area contributed by atoms with E-state index in [1.165, 1.54) is 71.0 Å². The fourth-order valence-corrected chi connectivity index (χ4v) is 16.3. The van der Waals surface area contributed by atoms with E-state index in [9.17, 15) is 0 Å². The molecule has 0 aliphatic heterocycles. The van der Waals surface area contributed by atoms with Crippen molar-refractivity contribution in [2.24, 2.45) is 87.3 Å². The summed E-state index contributed by atoms with van der Waals surface area (Å²) in [6.45, 7) is 0. The third-order valence-electron chi connectivity index (χ3n) is 14.8. The maximum atomic E-state index is 1.75. The Balaban J connectivity index is 1.29. The maximum absolute atomic E-state index is 1.75. The van der Waals surface area contributed by atoms with E-state index < -0.39 is 0 Å². The van der Waals surface area contributed by atoms with Gasteiger partial charge >= 0.3 is 0 Å². The van der Waals surface area contributed by atoms with Crippen LogP contribution >= 0.6 is 0 Å². The Kier molecular flexibility index (Phi) is 2.17. The SMILES string of the molecule is C1C2CC3CC1CC(C14C5CC6CC7C5CC5C8CC(CC51)CC4(C6)C78)(C2)C3. The Hall–Kier alpha value is 0. The molecule has 0 aromatic rings. The number of hydrogen-bond donors (Lipinski definition) is 0. The van der Waals surface area contributed by atoms with Crippen LogP contribution in [-0.4, -0.2) is 0 Å². The van der Waals surface area contributed by atoms with Gasteiger partial charge in [-0.15, -0.1) is 0 Å². The normalized spacial score (nSPS) is 78.0.